The fourth-order valence-corrected chi connectivity index (χ4v) is 6.48. The van der Waals surface area contributed by atoms with Gasteiger partial charge in [-0.1, -0.05) is 0 Å². The van der Waals surface area contributed by atoms with E-state index in [0.29, 0.717) is 19.6 Å². The monoisotopic (exact) mass is 296 g/mol. The third-order valence-electron chi connectivity index (χ3n) is 3.69. The molecule has 2 heterocycles. The molecule has 0 saturated carbocycles. The Morgan fingerprint density at radius 2 is 1.83 bits per heavy atom. The van der Waals surface area contributed by atoms with Crippen molar-refractivity contribution < 1.29 is 16.8 Å². The second-order valence-electron chi connectivity index (χ2n) is 5.06. The number of hydrogen-bond donors (Lipinski definition) is 1. The number of hydrogen-bond acceptors (Lipinski definition) is 5. The zero-order valence-electron chi connectivity index (χ0n) is 10.5. The van der Waals surface area contributed by atoms with E-state index in [1.165, 1.54) is 4.31 Å². The molecule has 0 radical (unpaired) electrons. The lowest BCUT2D eigenvalue weighted by Gasteiger charge is -2.36. The van der Waals surface area contributed by atoms with Gasteiger partial charge in [0, 0.05) is 25.7 Å². The molecule has 2 aliphatic heterocycles. The van der Waals surface area contributed by atoms with Gasteiger partial charge in [-0.25, -0.2) is 16.8 Å². The first-order chi connectivity index (χ1) is 8.33. The van der Waals surface area contributed by atoms with E-state index in [4.69, 9.17) is 0 Å². The third kappa shape index (κ3) is 2.87. The Balaban J connectivity index is 2.11. The largest absolute Gasteiger partial charge is 0.314 e. The highest BCUT2D eigenvalue weighted by atomic mass is 32.2. The minimum Gasteiger partial charge on any atom is -0.314 e. The minimum atomic E-state index is -3.36. The van der Waals surface area contributed by atoms with Gasteiger partial charge in [0.15, 0.2) is 0 Å². The summed E-state index contributed by atoms with van der Waals surface area (Å²) < 4.78 is 49.2. The Hall–Kier alpha value is -0.180. The number of nitrogens with zero attached hydrogens (tertiary/aromatic N) is 1. The first-order valence-corrected chi connectivity index (χ1v) is 9.57. The molecule has 6 nitrogen and oxygen atoms in total. The van der Waals surface area contributed by atoms with Crippen molar-refractivity contribution in [3.8, 4) is 0 Å². The van der Waals surface area contributed by atoms with E-state index in [0.717, 1.165) is 0 Å². The molecule has 18 heavy (non-hydrogen) atoms. The highest BCUT2D eigenvalue weighted by Gasteiger charge is 2.39. The van der Waals surface area contributed by atoms with Gasteiger partial charge in [-0.3, -0.25) is 0 Å². The van der Waals surface area contributed by atoms with Crippen molar-refractivity contribution in [1.82, 2.24) is 9.62 Å². The van der Waals surface area contributed by atoms with E-state index in [2.05, 4.69) is 5.32 Å². The standard InChI is InChI=1S/C10H20N2O4S2/c1-9-8-11-4-5-12(9)18(15,16)10-2-6-17(13,14)7-3-10/h9-11H,2-8H2,1H3/t9-/m1/s1. The first-order valence-electron chi connectivity index (χ1n) is 6.25. The van der Waals surface area contributed by atoms with Gasteiger partial charge in [0.2, 0.25) is 10.0 Å². The summed E-state index contributed by atoms with van der Waals surface area (Å²) in [5.74, 6) is -0.00522. The zero-order chi connectivity index (χ0) is 13.4. The fourth-order valence-electron chi connectivity index (χ4n) is 2.56. The molecule has 1 atom stereocenters. The smallest absolute Gasteiger partial charge is 0.217 e. The van der Waals surface area contributed by atoms with Gasteiger partial charge in [0.1, 0.15) is 9.84 Å². The van der Waals surface area contributed by atoms with Gasteiger partial charge < -0.3 is 5.32 Å². The van der Waals surface area contributed by atoms with Gasteiger partial charge in [-0.05, 0) is 19.8 Å². The van der Waals surface area contributed by atoms with Crippen LogP contribution in [0.2, 0.25) is 0 Å². The quantitative estimate of drug-likeness (QED) is 0.720. The Morgan fingerprint density at radius 3 is 2.39 bits per heavy atom. The fraction of sp³-hybridized carbons (Fsp3) is 1.00. The predicted octanol–water partition coefficient (Wildman–Crippen LogP) is -0.813. The molecular weight excluding hydrogens is 276 g/mol. The lowest BCUT2D eigenvalue weighted by atomic mass is 10.2. The Kier molecular flexibility index (Phi) is 4.01. The molecule has 8 heteroatoms. The molecule has 2 rings (SSSR count). The van der Waals surface area contributed by atoms with E-state index in [9.17, 15) is 16.8 Å². The van der Waals surface area contributed by atoms with Crippen LogP contribution in [0.3, 0.4) is 0 Å². The number of nitrogens with one attached hydrogen (secondary N) is 1. The molecule has 0 bridgehead atoms. The summed E-state index contributed by atoms with van der Waals surface area (Å²) in [5, 5.41) is 2.62. The molecule has 0 unspecified atom stereocenters. The molecule has 0 amide bonds. The van der Waals surface area contributed by atoms with Crippen molar-refractivity contribution in [3.63, 3.8) is 0 Å². The summed E-state index contributed by atoms with van der Waals surface area (Å²) in [6, 6.07) is -0.0534. The lowest BCUT2D eigenvalue weighted by Crippen LogP contribution is -2.55. The Labute approximate surface area is 109 Å². The second kappa shape index (κ2) is 5.07. The summed E-state index contributed by atoms with van der Waals surface area (Å²) in [4.78, 5) is 0. The van der Waals surface area contributed by atoms with E-state index >= 15 is 0 Å². The van der Waals surface area contributed by atoms with Crippen LogP contribution in [0.5, 0.6) is 0 Å². The number of rotatable bonds is 2. The summed E-state index contributed by atoms with van der Waals surface area (Å²) >= 11 is 0. The average Bonchev–Trinajstić information content (AvgIpc) is 2.28. The van der Waals surface area contributed by atoms with Crippen LogP contribution in [0.4, 0.5) is 0 Å². The first kappa shape index (κ1) is 14.2. The SMILES string of the molecule is C[C@@H]1CNCCN1S(=O)(=O)C1CCS(=O)(=O)CC1. The summed E-state index contributed by atoms with van der Waals surface area (Å²) in [6.45, 7) is 3.68. The summed E-state index contributed by atoms with van der Waals surface area (Å²) in [5.41, 5.74) is 0. The molecule has 0 spiro atoms. The maximum absolute atomic E-state index is 12.5. The van der Waals surface area contributed by atoms with Crippen LogP contribution in [-0.4, -0.2) is 63.6 Å². The highest BCUT2D eigenvalue weighted by Crippen LogP contribution is 2.24. The normalized spacial score (nSPS) is 31.3. The molecule has 0 aromatic rings. The Bertz CT molecular complexity index is 486. The molecule has 0 aliphatic carbocycles. The number of piperazine rings is 1. The third-order valence-corrected chi connectivity index (χ3v) is 7.92. The molecule has 2 fully saturated rings. The van der Waals surface area contributed by atoms with E-state index in [1.54, 1.807) is 0 Å². The molecule has 0 aromatic heterocycles. The van der Waals surface area contributed by atoms with Crippen molar-refractivity contribution in [2.75, 3.05) is 31.1 Å². The molecule has 2 aliphatic rings. The molecule has 0 aromatic carbocycles. The van der Waals surface area contributed by atoms with Crippen molar-refractivity contribution in [2.24, 2.45) is 0 Å². The predicted molar refractivity (Wildman–Crippen MR) is 69.6 cm³/mol. The van der Waals surface area contributed by atoms with Crippen LogP contribution in [0, 0.1) is 0 Å². The minimum absolute atomic E-state index is 0.00261. The maximum atomic E-state index is 12.5. The van der Waals surface area contributed by atoms with Crippen LogP contribution >= 0.6 is 0 Å². The van der Waals surface area contributed by atoms with Gasteiger partial charge in [0.05, 0.1) is 16.8 Å². The van der Waals surface area contributed by atoms with Gasteiger partial charge in [0.25, 0.3) is 0 Å². The van der Waals surface area contributed by atoms with E-state index in [-0.39, 0.29) is 30.4 Å². The van der Waals surface area contributed by atoms with Crippen LogP contribution in [0.25, 0.3) is 0 Å². The van der Waals surface area contributed by atoms with Gasteiger partial charge in [-0.15, -0.1) is 0 Å². The molecule has 1 N–H and O–H groups in total. The van der Waals surface area contributed by atoms with E-state index < -0.39 is 25.1 Å². The maximum Gasteiger partial charge on any atom is 0.217 e. The average molecular weight is 296 g/mol. The van der Waals surface area contributed by atoms with Crippen molar-refractivity contribution >= 4 is 19.9 Å². The zero-order valence-corrected chi connectivity index (χ0v) is 12.1. The summed E-state index contributed by atoms with van der Waals surface area (Å²) in [7, 11) is -6.37. The number of sulfonamides is 1. The van der Waals surface area contributed by atoms with Crippen molar-refractivity contribution in [2.45, 2.75) is 31.1 Å². The molecule has 106 valence electrons. The van der Waals surface area contributed by atoms with E-state index in [1.807, 2.05) is 6.92 Å². The Morgan fingerprint density at radius 1 is 1.22 bits per heavy atom. The highest BCUT2D eigenvalue weighted by molar-refractivity contribution is 7.92. The topological polar surface area (TPSA) is 83.6 Å². The number of sulfone groups is 1. The second-order valence-corrected chi connectivity index (χ2v) is 9.53. The van der Waals surface area contributed by atoms with Gasteiger partial charge >= 0.3 is 0 Å². The van der Waals surface area contributed by atoms with Gasteiger partial charge in [-0.2, -0.15) is 4.31 Å². The van der Waals surface area contributed by atoms with Crippen LogP contribution in [0.1, 0.15) is 19.8 Å². The van der Waals surface area contributed by atoms with Crippen LogP contribution in [-0.2, 0) is 19.9 Å². The lowest BCUT2D eigenvalue weighted by molar-refractivity contribution is 0.279. The molecular formula is C10H20N2O4S2. The summed E-state index contributed by atoms with van der Waals surface area (Å²) in [6.07, 6.45) is 0.475. The van der Waals surface area contributed by atoms with Crippen LogP contribution in [0.15, 0.2) is 0 Å². The molecule has 2 saturated heterocycles. The van der Waals surface area contributed by atoms with Crippen molar-refractivity contribution in [1.29, 1.82) is 0 Å². The van der Waals surface area contributed by atoms with Crippen LogP contribution < -0.4 is 5.32 Å². The van der Waals surface area contributed by atoms with Crippen molar-refractivity contribution in [3.05, 3.63) is 0 Å².